The molecule has 0 saturated carbocycles. The predicted molar refractivity (Wildman–Crippen MR) is 258 cm³/mol. The zero-order chi connectivity index (χ0) is 50.2. The molecule has 0 spiro atoms. The van der Waals surface area contributed by atoms with Crippen LogP contribution in [0, 0.1) is 29.6 Å². The third-order valence-electron chi connectivity index (χ3n) is 13.3. The van der Waals surface area contributed by atoms with Crippen molar-refractivity contribution in [2.75, 3.05) is 48.5 Å². The molecule has 10 atom stereocenters. The molecule has 0 unspecified atom stereocenters. The van der Waals surface area contributed by atoms with E-state index < -0.39 is 77.8 Å². The van der Waals surface area contributed by atoms with Gasteiger partial charge in [0.15, 0.2) is 0 Å². The van der Waals surface area contributed by atoms with Crippen LogP contribution in [0.3, 0.4) is 0 Å². The molecule has 66 heavy (non-hydrogen) atoms. The van der Waals surface area contributed by atoms with Gasteiger partial charge in [0.05, 0.1) is 42.7 Å². The van der Waals surface area contributed by atoms with Crippen LogP contribution in [0.5, 0.6) is 0 Å². The SMILES string of the molecule is CC[C@H](C)[C@@H]([C@@H](CC(=O)N1CCC[C@H]1[C@H](OC)[C@@H](C)C(=O)N[C@@H](Cc1ccccc1)C(=O)NCCC(C)(C)OC(=O)[C@@H](N)C(C)C)OC)N(C)C(=O)[C@@H](NC(=O)[C@H](C(C)C)N(C)C)C(C)C. The van der Waals surface area contributed by atoms with Crippen LogP contribution in [0.4, 0.5) is 0 Å². The second-order valence-corrected chi connectivity index (χ2v) is 20.2. The molecule has 16 heteroatoms. The number of nitrogens with one attached hydrogen (secondary N) is 3. The first-order valence-electron chi connectivity index (χ1n) is 24.0. The Kier molecular flexibility index (Phi) is 23.7. The Morgan fingerprint density at radius 1 is 0.848 bits per heavy atom. The number of rotatable bonds is 27. The number of amides is 5. The van der Waals surface area contributed by atoms with Crippen molar-refractivity contribution in [1.82, 2.24) is 30.7 Å². The van der Waals surface area contributed by atoms with Gasteiger partial charge in [-0.1, -0.05) is 99.1 Å². The molecule has 1 aromatic rings. The largest absolute Gasteiger partial charge is 0.458 e. The average Bonchev–Trinajstić information content (AvgIpc) is 3.73. The van der Waals surface area contributed by atoms with Crippen molar-refractivity contribution in [3.63, 3.8) is 0 Å². The number of carbonyl (C=O) groups excluding carboxylic acids is 6. The lowest BCUT2D eigenvalue weighted by Gasteiger charge is -2.41. The minimum Gasteiger partial charge on any atom is -0.458 e. The van der Waals surface area contributed by atoms with Crippen molar-refractivity contribution < 1.29 is 43.0 Å². The van der Waals surface area contributed by atoms with Crippen LogP contribution in [-0.2, 0) is 49.4 Å². The van der Waals surface area contributed by atoms with E-state index in [2.05, 4.69) is 16.0 Å². The molecule has 1 fully saturated rings. The minimum absolute atomic E-state index is 0.0226. The molecule has 1 aliphatic rings. The number of hydrogen-bond donors (Lipinski definition) is 4. The first-order valence-corrected chi connectivity index (χ1v) is 24.0. The molecule has 0 radical (unpaired) electrons. The molecule has 0 bridgehead atoms. The predicted octanol–water partition coefficient (Wildman–Crippen LogP) is 4.17. The van der Waals surface area contributed by atoms with Crippen molar-refractivity contribution in [3.05, 3.63) is 35.9 Å². The number of likely N-dealkylation sites (N-methyl/N-ethyl adjacent to an activating group) is 2. The second kappa shape index (κ2) is 27.0. The Morgan fingerprint density at radius 3 is 1.98 bits per heavy atom. The Bertz CT molecular complexity index is 1700. The fraction of sp³-hybridized carbons (Fsp3) is 0.760. The fourth-order valence-electron chi connectivity index (χ4n) is 9.05. The molecule has 0 aromatic heterocycles. The molecule has 0 aliphatic carbocycles. The van der Waals surface area contributed by atoms with Crippen molar-refractivity contribution in [2.24, 2.45) is 35.3 Å². The number of ether oxygens (including phenoxy) is 3. The van der Waals surface area contributed by atoms with Crippen molar-refractivity contribution in [2.45, 2.75) is 169 Å². The summed E-state index contributed by atoms with van der Waals surface area (Å²) in [6.45, 7) is 21.4. The number of likely N-dealkylation sites (tertiary alicyclic amines) is 1. The summed E-state index contributed by atoms with van der Waals surface area (Å²) in [7, 11) is 8.48. The van der Waals surface area contributed by atoms with Crippen LogP contribution in [0.15, 0.2) is 30.3 Å². The highest BCUT2D eigenvalue weighted by Crippen LogP contribution is 2.30. The van der Waals surface area contributed by atoms with E-state index in [0.29, 0.717) is 32.2 Å². The quantitative estimate of drug-likeness (QED) is 0.0924. The van der Waals surface area contributed by atoms with E-state index in [9.17, 15) is 28.8 Å². The van der Waals surface area contributed by atoms with E-state index in [1.54, 1.807) is 44.7 Å². The number of carbonyl (C=O) groups is 6. The monoisotopic (exact) mass is 930 g/mol. The van der Waals surface area contributed by atoms with Crippen LogP contribution in [0.25, 0.3) is 0 Å². The third kappa shape index (κ3) is 16.6. The van der Waals surface area contributed by atoms with E-state index >= 15 is 0 Å². The maximum atomic E-state index is 14.4. The maximum Gasteiger partial charge on any atom is 0.323 e. The number of benzene rings is 1. The van der Waals surface area contributed by atoms with E-state index in [1.165, 1.54) is 7.11 Å². The van der Waals surface area contributed by atoms with Crippen molar-refractivity contribution in [1.29, 1.82) is 0 Å². The second-order valence-electron chi connectivity index (χ2n) is 20.2. The van der Waals surface area contributed by atoms with E-state index in [1.807, 2.05) is 105 Å². The first-order chi connectivity index (χ1) is 30.8. The Balaban J connectivity index is 2.29. The smallest absolute Gasteiger partial charge is 0.323 e. The van der Waals surface area contributed by atoms with Gasteiger partial charge in [0, 0.05) is 47.2 Å². The van der Waals surface area contributed by atoms with Gasteiger partial charge in [-0.3, -0.25) is 33.7 Å². The average molecular weight is 930 g/mol. The van der Waals surface area contributed by atoms with E-state index in [-0.39, 0.29) is 60.8 Å². The zero-order valence-corrected chi connectivity index (χ0v) is 43.1. The molecule has 2 rings (SSSR count). The van der Waals surface area contributed by atoms with Gasteiger partial charge in [-0.25, -0.2) is 0 Å². The van der Waals surface area contributed by atoms with Gasteiger partial charge in [0.2, 0.25) is 29.5 Å². The van der Waals surface area contributed by atoms with Crippen molar-refractivity contribution in [3.8, 4) is 0 Å². The van der Waals surface area contributed by atoms with Crippen LogP contribution in [0.2, 0.25) is 0 Å². The van der Waals surface area contributed by atoms with Gasteiger partial charge < -0.3 is 45.7 Å². The van der Waals surface area contributed by atoms with Crippen LogP contribution < -0.4 is 21.7 Å². The molecule has 1 saturated heterocycles. The van der Waals surface area contributed by atoms with Gasteiger partial charge in [-0.05, 0) is 70.0 Å². The van der Waals surface area contributed by atoms with Gasteiger partial charge >= 0.3 is 5.97 Å². The standard InChI is InChI=1S/C50H87N7O9/c1-17-33(8)43(56(14)48(62)41(31(4)5)54-47(61)42(32(6)7)55(12)13)38(64-15)29-39(58)57-27-21-24-37(57)44(65-16)34(9)45(59)53-36(28-35-22-19-18-20-23-35)46(60)52-26-25-50(10,11)66-49(63)40(51)30(2)3/h18-20,22-23,30-34,36-38,40-44H,17,21,24-29,51H2,1-16H3,(H,52,60)(H,53,59)(H,54,61)/t33-,34+,36-,37-,38+,40-,41-,42-,43-,44+/m0/s1. The molecule has 1 heterocycles. The molecule has 376 valence electrons. The van der Waals surface area contributed by atoms with Crippen LogP contribution in [-0.4, -0.2) is 153 Å². The van der Waals surface area contributed by atoms with Gasteiger partial charge in [0.25, 0.3) is 0 Å². The first kappa shape index (κ1) is 58.0. The molecular weight excluding hydrogens is 843 g/mol. The van der Waals surface area contributed by atoms with Crippen molar-refractivity contribution >= 4 is 35.5 Å². The van der Waals surface area contributed by atoms with Gasteiger partial charge in [-0.2, -0.15) is 0 Å². The summed E-state index contributed by atoms with van der Waals surface area (Å²) in [5.41, 5.74) is 5.95. The summed E-state index contributed by atoms with van der Waals surface area (Å²) in [5, 5.41) is 8.94. The number of hydrogen-bond acceptors (Lipinski definition) is 11. The number of esters is 1. The van der Waals surface area contributed by atoms with E-state index in [0.717, 1.165) is 5.56 Å². The highest BCUT2D eigenvalue weighted by atomic mass is 16.6. The summed E-state index contributed by atoms with van der Waals surface area (Å²) >= 11 is 0. The maximum absolute atomic E-state index is 14.4. The highest BCUT2D eigenvalue weighted by Gasteiger charge is 2.43. The lowest BCUT2D eigenvalue weighted by molar-refractivity contribution is -0.159. The highest BCUT2D eigenvalue weighted by molar-refractivity contribution is 5.91. The number of nitrogens with zero attached hydrogens (tertiary/aromatic N) is 3. The number of methoxy groups -OCH3 is 2. The molecule has 1 aromatic carbocycles. The minimum atomic E-state index is -0.936. The topological polar surface area (TPSA) is 202 Å². The third-order valence-corrected chi connectivity index (χ3v) is 13.3. The summed E-state index contributed by atoms with van der Waals surface area (Å²) in [6, 6.07) is 5.54. The Hall–Kier alpha value is -4.12. The van der Waals surface area contributed by atoms with Crippen LogP contribution in [0.1, 0.15) is 114 Å². The van der Waals surface area contributed by atoms with E-state index in [4.69, 9.17) is 19.9 Å². The molecule has 16 nitrogen and oxygen atoms in total. The fourth-order valence-corrected chi connectivity index (χ4v) is 9.05. The summed E-state index contributed by atoms with van der Waals surface area (Å²) in [5.74, 6) is -3.06. The Labute approximate surface area is 396 Å². The molecule has 5 N–H and O–H groups in total. The molecule has 5 amide bonds. The molecule has 1 aliphatic heterocycles. The number of nitrogens with two attached hydrogens (primary N) is 1. The van der Waals surface area contributed by atoms with Gasteiger partial charge in [-0.15, -0.1) is 0 Å². The molecular formula is C50H87N7O9. The summed E-state index contributed by atoms with van der Waals surface area (Å²) in [6.07, 6.45) is 1.15. The van der Waals surface area contributed by atoms with Crippen LogP contribution >= 0.6 is 0 Å². The lowest BCUT2D eigenvalue weighted by Crippen LogP contribution is -2.59. The zero-order valence-electron chi connectivity index (χ0n) is 43.1. The summed E-state index contributed by atoms with van der Waals surface area (Å²) in [4.78, 5) is 88.1. The normalized spacial score (nSPS) is 18.5. The van der Waals surface area contributed by atoms with Gasteiger partial charge in [0.1, 0.15) is 23.7 Å². The lowest BCUT2D eigenvalue weighted by atomic mass is 9.89. The Morgan fingerprint density at radius 2 is 1.47 bits per heavy atom. The summed E-state index contributed by atoms with van der Waals surface area (Å²) < 4.78 is 17.8.